The molecule has 0 aliphatic carbocycles. The Labute approximate surface area is 87.0 Å². The molecule has 0 saturated heterocycles. The summed E-state index contributed by atoms with van der Waals surface area (Å²) in [7, 11) is 0. The summed E-state index contributed by atoms with van der Waals surface area (Å²) >= 11 is 0. The Hall–Kier alpha value is -0.500. The van der Waals surface area contributed by atoms with Crippen LogP contribution < -0.4 is 0 Å². The number of aliphatic hydroxyl groups excluding tert-OH is 1. The summed E-state index contributed by atoms with van der Waals surface area (Å²) in [4.78, 5) is 0. The van der Waals surface area contributed by atoms with Crippen LogP contribution in [0, 0.1) is 10.8 Å². The van der Waals surface area contributed by atoms with E-state index in [2.05, 4.69) is 41.5 Å². The molecule has 0 fully saturated rings. The number of hydrogen-bond donors (Lipinski definition) is 1. The van der Waals surface area contributed by atoms with Crippen LogP contribution >= 0.6 is 0 Å². The van der Waals surface area contributed by atoms with Crippen molar-refractivity contribution in [1.82, 2.24) is 0 Å². The zero-order chi connectivity index (χ0) is 11.1. The molecule has 1 aliphatic heterocycles. The fraction of sp³-hybridized carbons (Fsp3) is 0.833. The molecule has 1 N–H and O–H groups in total. The number of ether oxygens (including phenoxy) is 1. The smallest absolute Gasteiger partial charge is 0.132 e. The molecule has 0 spiro atoms. The van der Waals surface area contributed by atoms with Gasteiger partial charge in [-0.1, -0.05) is 41.5 Å². The largest absolute Gasteiger partial charge is 0.491 e. The Morgan fingerprint density at radius 1 is 1.14 bits per heavy atom. The van der Waals surface area contributed by atoms with E-state index in [1.54, 1.807) is 0 Å². The van der Waals surface area contributed by atoms with Crippen molar-refractivity contribution in [2.75, 3.05) is 0 Å². The predicted octanol–water partition coefficient (Wildman–Crippen LogP) is 2.72. The molecule has 0 amide bonds. The lowest BCUT2D eigenvalue weighted by molar-refractivity contribution is -0.0310. The zero-order valence-corrected chi connectivity index (χ0v) is 10.1. The highest BCUT2D eigenvalue weighted by atomic mass is 16.5. The first-order valence-electron chi connectivity index (χ1n) is 5.19. The van der Waals surface area contributed by atoms with Gasteiger partial charge in [-0.05, 0) is 6.08 Å². The third-order valence-electron chi connectivity index (χ3n) is 2.48. The second kappa shape index (κ2) is 3.27. The average Bonchev–Trinajstić information content (AvgIpc) is 2.27. The molecule has 1 rings (SSSR count). The minimum absolute atomic E-state index is 0.0129. The summed E-state index contributed by atoms with van der Waals surface area (Å²) in [5.41, 5.74) is -0.0378. The molecule has 1 heterocycles. The van der Waals surface area contributed by atoms with E-state index in [0.717, 1.165) is 5.76 Å². The first-order valence-corrected chi connectivity index (χ1v) is 5.19. The Morgan fingerprint density at radius 3 is 1.86 bits per heavy atom. The van der Waals surface area contributed by atoms with Crippen molar-refractivity contribution in [2.45, 2.75) is 53.8 Å². The normalized spacial score (nSPS) is 28.6. The summed E-state index contributed by atoms with van der Waals surface area (Å²) in [6, 6.07) is 0. The van der Waals surface area contributed by atoms with Gasteiger partial charge in [0.2, 0.25) is 0 Å². The maximum atomic E-state index is 9.86. The molecule has 0 saturated carbocycles. The Kier molecular flexibility index (Phi) is 2.70. The fourth-order valence-corrected chi connectivity index (χ4v) is 1.60. The highest BCUT2D eigenvalue weighted by molar-refractivity contribution is 5.15. The summed E-state index contributed by atoms with van der Waals surface area (Å²) in [5, 5.41) is 9.86. The molecule has 82 valence electrons. The maximum absolute atomic E-state index is 9.86. The van der Waals surface area contributed by atoms with Gasteiger partial charge in [-0.15, -0.1) is 0 Å². The second-order valence-corrected chi connectivity index (χ2v) is 6.18. The summed E-state index contributed by atoms with van der Waals surface area (Å²) < 4.78 is 5.81. The average molecular weight is 198 g/mol. The van der Waals surface area contributed by atoms with E-state index in [4.69, 9.17) is 4.74 Å². The van der Waals surface area contributed by atoms with Crippen LogP contribution in [0.25, 0.3) is 0 Å². The van der Waals surface area contributed by atoms with E-state index in [0.29, 0.717) is 0 Å². The van der Waals surface area contributed by atoms with Crippen LogP contribution in [0.2, 0.25) is 0 Å². The molecule has 0 radical (unpaired) electrons. The zero-order valence-electron chi connectivity index (χ0n) is 10.1. The molecule has 0 aromatic carbocycles. The Morgan fingerprint density at radius 2 is 1.64 bits per heavy atom. The van der Waals surface area contributed by atoms with Crippen molar-refractivity contribution in [3.05, 3.63) is 11.8 Å². The van der Waals surface area contributed by atoms with Crippen LogP contribution in [0.15, 0.2) is 11.8 Å². The van der Waals surface area contributed by atoms with Crippen LogP contribution in [0.4, 0.5) is 0 Å². The highest BCUT2D eigenvalue weighted by Gasteiger charge is 2.39. The van der Waals surface area contributed by atoms with Gasteiger partial charge >= 0.3 is 0 Å². The summed E-state index contributed by atoms with van der Waals surface area (Å²) in [6.07, 6.45) is 1.26. The second-order valence-electron chi connectivity index (χ2n) is 6.18. The van der Waals surface area contributed by atoms with Gasteiger partial charge in [-0.25, -0.2) is 0 Å². The van der Waals surface area contributed by atoms with Gasteiger partial charge in [0, 0.05) is 10.8 Å². The summed E-state index contributed by atoms with van der Waals surface area (Å²) in [5.74, 6) is 0.907. The van der Waals surface area contributed by atoms with Crippen LogP contribution in [0.1, 0.15) is 41.5 Å². The standard InChI is InChI=1S/C12H22O2/c1-11(2,3)9-7-8(13)10(14-9)12(4,5)6/h7-8,10,13H,1-6H3. The lowest BCUT2D eigenvalue weighted by atomic mass is 9.86. The monoisotopic (exact) mass is 198 g/mol. The van der Waals surface area contributed by atoms with Gasteiger partial charge in [0.25, 0.3) is 0 Å². The van der Waals surface area contributed by atoms with Gasteiger partial charge in [0.1, 0.15) is 18.0 Å². The lowest BCUT2D eigenvalue weighted by Crippen LogP contribution is -2.35. The first-order chi connectivity index (χ1) is 6.12. The van der Waals surface area contributed by atoms with E-state index in [1.807, 2.05) is 6.08 Å². The van der Waals surface area contributed by atoms with Gasteiger partial charge in [0.15, 0.2) is 0 Å². The molecule has 0 aromatic rings. The molecule has 2 unspecified atom stereocenters. The summed E-state index contributed by atoms with van der Waals surface area (Å²) in [6.45, 7) is 12.5. The van der Waals surface area contributed by atoms with Crippen molar-refractivity contribution in [1.29, 1.82) is 0 Å². The molecular weight excluding hydrogens is 176 g/mol. The molecule has 0 aromatic heterocycles. The highest BCUT2D eigenvalue weighted by Crippen LogP contribution is 2.38. The molecule has 2 nitrogen and oxygen atoms in total. The van der Waals surface area contributed by atoms with Crippen molar-refractivity contribution in [2.24, 2.45) is 10.8 Å². The Bertz CT molecular complexity index is 240. The van der Waals surface area contributed by atoms with Gasteiger partial charge in [-0.3, -0.25) is 0 Å². The topological polar surface area (TPSA) is 29.5 Å². The lowest BCUT2D eigenvalue weighted by Gasteiger charge is -2.31. The molecule has 0 bridgehead atoms. The molecule has 2 heteroatoms. The van der Waals surface area contributed by atoms with E-state index in [9.17, 15) is 5.11 Å². The third kappa shape index (κ3) is 2.30. The molecule has 2 atom stereocenters. The quantitative estimate of drug-likeness (QED) is 0.648. The number of allylic oxidation sites excluding steroid dienone is 1. The number of rotatable bonds is 0. The van der Waals surface area contributed by atoms with E-state index >= 15 is 0 Å². The van der Waals surface area contributed by atoms with Crippen LogP contribution in [0.5, 0.6) is 0 Å². The first kappa shape index (κ1) is 11.6. The van der Waals surface area contributed by atoms with Gasteiger partial charge in [0.05, 0.1) is 0 Å². The van der Waals surface area contributed by atoms with E-state index in [-0.39, 0.29) is 16.9 Å². The molecule has 14 heavy (non-hydrogen) atoms. The Balaban J connectivity index is 2.80. The molecular formula is C12H22O2. The fourth-order valence-electron chi connectivity index (χ4n) is 1.60. The van der Waals surface area contributed by atoms with Crippen molar-refractivity contribution in [3.63, 3.8) is 0 Å². The maximum Gasteiger partial charge on any atom is 0.132 e. The van der Waals surface area contributed by atoms with Crippen molar-refractivity contribution < 1.29 is 9.84 Å². The predicted molar refractivity (Wildman–Crippen MR) is 57.9 cm³/mol. The van der Waals surface area contributed by atoms with Crippen LogP contribution in [0.3, 0.4) is 0 Å². The van der Waals surface area contributed by atoms with Crippen molar-refractivity contribution >= 4 is 0 Å². The number of aliphatic hydroxyl groups is 1. The minimum Gasteiger partial charge on any atom is -0.491 e. The van der Waals surface area contributed by atoms with Crippen LogP contribution in [-0.2, 0) is 4.74 Å². The minimum atomic E-state index is -0.468. The molecule has 1 aliphatic rings. The number of hydrogen-bond acceptors (Lipinski definition) is 2. The van der Waals surface area contributed by atoms with E-state index < -0.39 is 6.10 Å². The van der Waals surface area contributed by atoms with Crippen molar-refractivity contribution in [3.8, 4) is 0 Å². The van der Waals surface area contributed by atoms with Gasteiger partial charge in [-0.2, -0.15) is 0 Å². The van der Waals surface area contributed by atoms with Crippen LogP contribution in [-0.4, -0.2) is 17.3 Å². The van der Waals surface area contributed by atoms with Gasteiger partial charge < -0.3 is 9.84 Å². The third-order valence-corrected chi connectivity index (χ3v) is 2.48. The SMILES string of the molecule is CC(C)(C)C1=CC(O)C(C(C)(C)C)O1. The van der Waals surface area contributed by atoms with E-state index in [1.165, 1.54) is 0 Å².